The summed E-state index contributed by atoms with van der Waals surface area (Å²) >= 11 is 0. The van der Waals surface area contributed by atoms with Crippen LogP contribution in [0.15, 0.2) is 47.1 Å². The van der Waals surface area contributed by atoms with E-state index in [4.69, 9.17) is 8.85 Å². The zero-order valence-corrected chi connectivity index (χ0v) is 20.2. The molecule has 2 fully saturated rings. The molecule has 1 N–H and O–H groups in total. The number of hydrogen-bond donors (Lipinski definition) is 1. The lowest BCUT2D eigenvalue weighted by molar-refractivity contribution is -0.182. The van der Waals surface area contributed by atoms with Crippen molar-refractivity contribution in [2.75, 3.05) is 12.4 Å². The summed E-state index contributed by atoms with van der Waals surface area (Å²) < 4.78 is 28.6. The van der Waals surface area contributed by atoms with Crippen molar-refractivity contribution in [1.29, 1.82) is 0 Å². The summed E-state index contributed by atoms with van der Waals surface area (Å²) in [4.78, 5) is 38.2. The van der Waals surface area contributed by atoms with E-state index in [0.717, 1.165) is 36.1 Å². The van der Waals surface area contributed by atoms with Crippen LogP contribution in [0.2, 0.25) is 0 Å². The van der Waals surface area contributed by atoms with E-state index in [0.29, 0.717) is 25.7 Å². The highest BCUT2D eigenvalue weighted by Crippen LogP contribution is 2.67. The Morgan fingerprint density at radius 1 is 1.15 bits per heavy atom. The van der Waals surface area contributed by atoms with E-state index in [9.17, 15) is 14.4 Å². The Kier molecular flexibility index (Phi) is 4.73. The maximum Gasteiger partial charge on any atom is 0.303 e. The molecule has 1 aromatic rings. The summed E-state index contributed by atoms with van der Waals surface area (Å²) in [6.45, 7) is 0.533. The first-order valence-corrected chi connectivity index (χ1v) is 12.4. The van der Waals surface area contributed by atoms with Crippen LogP contribution in [0.3, 0.4) is 0 Å². The van der Waals surface area contributed by atoms with Crippen molar-refractivity contribution in [3.63, 3.8) is 0 Å². The van der Waals surface area contributed by atoms with Crippen LogP contribution >= 0.6 is 0 Å². The maximum atomic E-state index is 13.3. The number of ketones is 2. The molecule has 0 heterocycles. The number of Topliss-reactive ketones (excluding diaryl/α,β-unsaturated/α-hetero) is 1. The lowest BCUT2D eigenvalue weighted by Crippen LogP contribution is -2.57. The first-order valence-electron chi connectivity index (χ1n) is 13.9. The molecule has 0 saturated heterocycles. The van der Waals surface area contributed by atoms with Gasteiger partial charge in [-0.2, -0.15) is 0 Å². The monoisotopic (exact) mass is 464 g/mol. The fourth-order valence-corrected chi connectivity index (χ4v) is 7.81. The van der Waals surface area contributed by atoms with Crippen LogP contribution in [0.4, 0.5) is 5.69 Å². The standard InChI is InChI=1S/C29H35NO4/c1-17(31)29(34-18(2)32)14-13-26-24-11-7-20-15-22(33)10-12-23(20)27(24)25(16-28(26,29)3)19-5-8-21(30-4)9-6-19/h5-6,8-9,15,24-26,30H,7,10-14,16H2,1-4H3/t24?,25?,26?,28-,29-/m0/s1/i2D3. The van der Waals surface area contributed by atoms with Gasteiger partial charge >= 0.3 is 5.97 Å². The molecule has 0 spiro atoms. The third-order valence-corrected chi connectivity index (χ3v) is 9.29. The molecule has 0 radical (unpaired) electrons. The summed E-state index contributed by atoms with van der Waals surface area (Å²) in [6, 6.07) is 8.29. The maximum absolute atomic E-state index is 13.3. The zero-order chi connectivity index (χ0) is 26.8. The van der Waals surface area contributed by atoms with E-state index in [2.05, 4.69) is 17.4 Å². The van der Waals surface area contributed by atoms with Crippen LogP contribution in [0, 0.1) is 17.3 Å². The molecule has 1 aromatic carbocycles. The molecule has 34 heavy (non-hydrogen) atoms. The summed E-state index contributed by atoms with van der Waals surface area (Å²) in [6.07, 6.45) is 6.34. The van der Waals surface area contributed by atoms with Crippen LogP contribution < -0.4 is 5.32 Å². The molecular weight excluding hydrogens is 426 g/mol. The van der Waals surface area contributed by atoms with Crippen LogP contribution in [-0.2, 0) is 19.1 Å². The average Bonchev–Trinajstić information content (AvgIpc) is 3.15. The number of carbonyl (C=O) groups is 3. The molecule has 4 aliphatic rings. The quantitative estimate of drug-likeness (QED) is 0.594. The highest BCUT2D eigenvalue weighted by molar-refractivity contribution is 5.93. The minimum Gasteiger partial charge on any atom is -0.451 e. The smallest absolute Gasteiger partial charge is 0.303 e. The van der Waals surface area contributed by atoms with Crippen molar-refractivity contribution in [3.8, 4) is 0 Å². The van der Waals surface area contributed by atoms with Gasteiger partial charge in [0.2, 0.25) is 0 Å². The number of nitrogens with one attached hydrogen (secondary N) is 1. The number of anilines is 1. The molecule has 2 saturated carbocycles. The van der Waals surface area contributed by atoms with E-state index < -0.39 is 23.8 Å². The Bertz CT molecular complexity index is 1210. The number of esters is 1. The van der Waals surface area contributed by atoms with Gasteiger partial charge in [0.25, 0.3) is 0 Å². The Labute approximate surface area is 206 Å². The van der Waals surface area contributed by atoms with Crippen molar-refractivity contribution < 1.29 is 23.2 Å². The minimum absolute atomic E-state index is 0.0210. The molecule has 0 aromatic heterocycles. The Hall–Kier alpha value is -2.69. The predicted molar refractivity (Wildman–Crippen MR) is 131 cm³/mol. The number of allylic oxidation sites excluding steroid dienone is 4. The number of hydrogen-bond acceptors (Lipinski definition) is 5. The number of ether oxygens (including phenoxy) is 1. The molecule has 5 rings (SSSR count). The third-order valence-electron chi connectivity index (χ3n) is 9.29. The molecule has 0 bridgehead atoms. The van der Waals surface area contributed by atoms with E-state index in [1.807, 2.05) is 32.2 Å². The summed E-state index contributed by atoms with van der Waals surface area (Å²) in [5.74, 6) is -1.16. The normalized spacial score (nSPS) is 36.2. The highest BCUT2D eigenvalue weighted by Gasteiger charge is 2.67. The molecule has 5 heteroatoms. The van der Waals surface area contributed by atoms with Crippen molar-refractivity contribution >= 4 is 23.2 Å². The summed E-state index contributed by atoms with van der Waals surface area (Å²) in [5, 5.41) is 3.16. The fourth-order valence-electron chi connectivity index (χ4n) is 7.81. The molecule has 0 amide bonds. The molecule has 3 unspecified atom stereocenters. The van der Waals surface area contributed by atoms with Crippen LogP contribution in [0.1, 0.15) is 81.2 Å². The minimum atomic E-state index is -2.93. The van der Waals surface area contributed by atoms with E-state index in [-0.39, 0.29) is 29.3 Å². The van der Waals surface area contributed by atoms with Crippen molar-refractivity contribution in [2.24, 2.45) is 17.3 Å². The van der Waals surface area contributed by atoms with Crippen LogP contribution in [0.25, 0.3) is 0 Å². The van der Waals surface area contributed by atoms with Gasteiger partial charge in [0, 0.05) is 41.5 Å². The van der Waals surface area contributed by atoms with E-state index >= 15 is 0 Å². The number of rotatable bonds is 4. The van der Waals surface area contributed by atoms with Gasteiger partial charge in [0.1, 0.15) is 0 Å². The number of fused-ring (bicyclic) bond motifs is 4. The molecule has 5 atom stereocenters. The van der Waals surface area contributed by atoms with E-state index in [1.165, 1.54) is 18.1 Å². The second-order valence-corrected chi connectivity index (χ2v) is 10.7. The topological polar surface area (TPSA) is 72.5 Å². The zero-order valence-electron chi connectivity index (χ0n) is 23.2. The molecule has 180 valence electrons. The van der Waals surface area contributed by atoms with Gasteiger partial charge in [-0.1, -0.05) is 24.6 Å². The van der Waals surface area contributed by atoms with Crippen molar-refractivity contribution in [1.82, 2.24) is 0 Å². The SMILES string of the molecule is [2H]C([2H])([2H])C(=O)O[C@]1(C(C)=O)CCC2C3CCC4=CC(=O)CCC4=C3C(c3ccc(NC)cc3)C[C@@]21C. The molecule has 0 aliphatic heterocycles. The number of carbonyl (C=O) groups excluding carboxylic acids is 3. The van der Waals surface area contributed by atoms with Gasteiger partial charge < -0.3 is 10.1 Å². The van der Waals surface area contributed by atoms with Crippen molar-refractivity contribution in [2.45, 2.75) is 77.2 Å². The fraction of sp³-hybridized carbons (Fsp3) is 0.552. The van der Waals surface area contributed by atoms with Gasteiger partial charge in [-0.25, -0.2) is 0 Å². The Morgan fingerprint density at radius 3 is 2.59 bits per heavy atom. The second kappa shape index (κ2) is 8.21. The summed E-state index contributed by atoms with van der Waals surface area (Å²) in [5.41, 5.74) is 3.74. The second-order valence-electron chi connectivity index (χ2n) is 10.7. The molecular formula is C29H35NO4. The van der Waals surface area contributed by atoms with Gasteiger partial charge in [-0.15, -0.1) is 0 Å². The first-order chi connectivity index (χ1) is 17.4. The van der Waals surface area contributed by atoms with Gasteiger partial charge in [-0.05, 0) is 92.2 Å². The predicted octanol–water partition coefficient (Wildman–Crippen LogP) is 5.52. The van der Waals surface area contributed by atoms with Gasteiger partial charge in [0.05, 0.1) is 0 Å². The first kappa shape index (κ1) is 19.6. The van der Waals surface area contributed by atoms with Crippen LogP contribution in [0.5, 0.6) is 0 Å². The number of benzene rings is 1. The molecule has 4 aliphatic carbocycles. The van der Waals surface area contributed by atoms with Gasteiger partial charge in [0.15, 0.2) is 17.2 Å². The van der Waals surface area contributed by atoms with Crippen LogP contribution in [-0.4, -0.2) is 30.2 Å². The van der Waals surface area contributed by atoms with Crippen molar-refractivity contribution in [3.05, 3.63) is 52.6 Å². The summed E-state index contributed by atoms with van der Waals surface area (Å²) in [7, 11) is 1.87. The average molecular weight is 465 g/mol. The largest absolute Gasteiger partial charge is 0.451 e. The third kappa shape index (κ3) is 3.30. The lowest BCUT2D eigenvalue weighted by atomic mass is 9.50. The highest BCUT2D eigenvalue weighted by atomic mass is 16.6. The Balaban J connectivity index is 1.67. The van der Waals surface area contributed by atoms with Gasteiger partial charge in [-0.3, -0.25) is 14.4 Å². The Morgan fingerprint density at radius 2 is 1.91 bits per heavy atom. The molecule has 5 nitrogen and oxygen atoms in total. The lowest BCUT2D eigenvalue weighted by Gasteiger charge is -2.55. The van der Waals surface area contributed by atoms with E-state index in [1.54, 1.807) is 0 Å².